The Kier molecular flexibility index (Phi) is 3.32. The zero-order chi connectivity index (χ0) is 7.49. The molecule has 0 aromatic heterocycles. The molecule has 1 atom stereocenters. The molecule has 0 aliphatic heterocycles. The van der Waals surface area contributed by atoms with Crippen molar-refractivity contribution in [1.82, 2.24) is 5.09 Å². The van der Waals surface area contributed by atoms with Crippen molar-refractivity contribution in [3.8, 4) is 0 Å². The lowest BCUT2D eigenvalue weighted by molar-refractivity contribution is 0.102. The second-order valence-electron chi connectivity index (χ2n) is 1.55. The van der Waals surface area contributed by atoms with E-state index in [2.05, 4.69) is 4.74 Å². The third-order valence-corrected chi connectivity index (χ3v) is 1.40. The van der Waals surface area contributed by atoms with Crippen LogP contribution in [-0.2, 0) is 9.30 Å². The van der Waals surface area contributed by atoms with Gasteiger partial charge in [-0.1, -0.05) is 0 Å². The maximum Gasteiger partial charge on any atom is 0.402 e. The summed E-state index contributed by atoms with van der Waals surface area (Å²) in [6.45, 7) is 1.50. The summed E-state index contributed by atoms with van der Waals surface area (Å²) in [5, 5.41) is 1.91. The predicted octanol–water partition coefficient (Wildman–Crippen LogP) is -0.339. The summed E-state index contributed by atoms with van der Waals surface area (Å²) in [4.78, 5) is 16.5. The lowest BCUT2D eigenvalue weighted by atomic mass is 10.7. The molecule has 0 aromatic rings. The first-order valence-corrected chi connectivity index (χ1v) is 3.93. The average molecular weight is 155 g/mol. The minimum Gasteiger partial charge on any atom is -0.366 e. The first-order valence-electron chi connectivity index (χ1n) is 2.32. The van der Waals surface area contributed by atoms with Gasteiger partial charge in [0.25, 0.3) is 0 Å². The SMILES string of the molecule is COC(C)NP(=O)(O)O. The fourth-order valence-corrected chi connectivity index (χ4v) is 0.869. The minimum atomic E-state index is -4.11. The van der Waals surface area contributed by atoms with Crippen molar-refractivity contribution in [2.45, 2.75) is 13.2 Å². The normalized spacial score (nSPS) is 15.6. The second-order valence-corrected chi connectivity index (χ2v) is 2.90. The molecule has 56 valence electrons. The summed E-state index contributed by atoms with van der Waals surface area (Å²) in [5.74, 6) is 0. The molecular weight excluding hydrogens is 145 g/mol. The monoisotopic (exact) mass is 155 g/mol. The van der Waals surface area contributed by atoms with Crippen molar-refractivity contribution in [2.75, 3.05) is 7.11 Å². The standard InChI is InChI=1S/C3H10NO4P/c1-3(8-2)4-9(5,6)7/h3H,1-2H3,(H3,4,5,6,7). The van der Waals surface area contributed by atoms with Crippen LogP contribution in [0.2, 0.25) is 0 Å². The van der Waals surface area contributed by atoms with Crippen molar-refractivity contribution in [3.05, 3.63) is 0 Å². The minimum absolute atomic E-state index is 0.620. The highest BCUT2D eigenvalue weighted by molar-refractivity contribution is 7.49. The fraction of sp³-hybridized carbons (Fsp3) is 1.00. The van der Waals surface area contributed by atoms with Gasteiger partial charge in [0.2, 0.25) is 0 Å². The Labute approximate surface area is 53.2 Å². The molecule has 0 saturated heterocycles. The second kappa shape index (κ2) is 3.29. The number of nitrogens with one attached hydrogen (secondary N) is 1. The van der Waals surface area contributed by atoms with Gasteiger partial charge < -0.3 is 14.5 Å². The predicted molar refractivity (Wildman–Crippen MR) is 31.7 cm³/mol. The Hall–Kier alpha value is 0.0700. The zero-order valence-corrected chi connectivity index (χ0v) is 6.13. The van der Waals surface area contributed by atoms with Crippen LogP contribution < -0.4 is 5.09 Å². The molecule has 0 bridgehead atoms. The number of rotatable bonds is 3. The molecule has 0 amide bonds. The summed E-state index contributed by atoms with van der Waals surface area (Å²) < 4.78 is 14.6. The molecular formula is C3H10NO4P. The fourth-order valence-electron chi connectivity index (χ4n) is 0.290. The van der Waals surface area contributed by atoms with Gasteiger partial charge in [-0.25, -0.2) is 4.57 Å². The molecule has 0 spiro atoms. The molecule has 0 aliphatic rings. The maximum absolute atomic E-state index is 10.1. The Bertz CT molecular complexity index is 121. The zero-order valence-electron chi connectivity index (χ0n) is 5.24. The summed E-state index contributed by atoms with van der Waals surface area (Å²) in [6.07, 6.45) is -0.620. The van der Waals surface area contributed by atoms with E-state index in [1.165, 1.54) is 14.0 Å². The molecule has 9 heavy (non-hydrogen) atoms. The van der Waals surface area contributed by atoms with Gasteiger partial charge in [-0.05, 0) is 6.92 Å². The molecule has 6 heteroatoms. The summed E-state index contributed by atoms with van der Waals surface area (Å²) in [5.41, 5.74) is 0. The van der Waals surface area contributed by atoms with Crippen LogP contribution >= 0.6 is 7.75 Å². The van der Waals surface area contributed by atoms with Gasteiger partial charge in [-0.2, -0.15) is 5.09 Å². The van der Waals surface area contributed by atoms with E-state index in [1.54, 1.807) is 0 Å². The summed E-state index contributed by atoms with van der Waals surface area (Å²) in [7, 11) is -2.76. The van der Waals surface area contributed by atoms with E-state index in [0.717, 1.165) is 0 Å². The molecule has 0 aliphatic carbocycles. The van der Waals surface area contributed by atoms with Crippen molar-refractivity contribution in [3.63, 3.8) is 0 Å². The van der Waals surface area contributed by atoms with Gasteiger partial charge in [0.1, 0.15) is 6.23 Å². The van der Waals surface area contributed by atoms with E-state index >= 15 is 0 Å². The third kappa shape index (κ3) is 5.95. The molecule has 0 fully saturated rings. The van der Waals surface area contributed by atoms with E-state index in [9.17, 15) is 4.57 Å². The molecule has 3 N–H and O–H groups in total. The van der Waals surface area contributed by atoms with Crippen LogP contribution in [0.25, 0.3) is 0 Å². The third-order valence-electron chi connectivity index (χ3n) is 0.704. The van der Waals surface area contributed by atoms with Crippen LogP contribution in [0.4, 0.5) is 0 Å². The average Bonchev–Trinajstić information content (AvgIpc) is 1.62. The number of methoxy groups -OCH3 is 1. The molecule has 5 nitrogen and oxygen atoms in total. The topological polar surface area (TPSA) is 78.8 Å². The van der Waals surface area contributed by atoms with Gasteiger partial charge in [-0.3, -0.25) is 0 Å². The molecule has 0 aromatic carbocycles. The summed E-state index contributed by atoms with van der Waals surface area (Å²) >= 11 is 0. The van der Waals surface area contributed by atoms with Gasteiger partial charge in [0.15, 0.2) is 0 Å². The van der Waals surface area contributed by atoms with Gasteiger partial charge in [0.05, 0.1) is 0 Å². The highest BCUT2D eigenvalue weighted by Gasteiger charge is 2.14. The number of hydrogen-bond donors (Lipinski definition) is 3. The van der Waals surface area contributed by atoms with Crippen LogP contribution in [0, 0.1) is 0 Å². The molecule has 0 saturated carbocycles. The van der Waals surface area contributed by atoms with E-state index in [-0.39, 0.29) is 0 Å². The smallest absolute Gasteiger partial charge is 0.366 e. The van der Waals surface area contributed by atoms with Crippen LogP contribution in [0.15, 0.2) is 0 Å². The Morgan fingerprint density at radius 1 is 1.67 bits per heavy atom. The Balaban J connectivity index is 3.60. The lowest BCUT2D eigenvalue weighted by Crippen LogP contribution is -2.24. The van der Waals surface area contributed by atoms with Crippen LogP contribution in [0.3, 0.4) is 0 Å². The lowest BCUT2D eigenvalue weighted by Gasteiger charge is -2.11. The van der Waals surface area contributed by atoms with E-state index in [0.29, 0.717) is 0 Å². The van der Waals surface area contributed by atoms with Gasteiger partial charge in [0, 0.05) is 7.11 Å². The molecule has 1 unspecified atom stereocenters. The number of ether oxygens (including phenoxy) is 1. The maximum atomic E-state index is 10.1. The van der Waals surface area contributed by atoms with Gasteiger partial charge >= 0.3 is 7.75 Å². The highest BCUT2D eigenvalue weighted by Crippen LogP contribution is 2.28. The van der Waals surface area contributed by atoms with Crippen molar-refractivity contribution >= 4 is 7.75 Å². The largest absolute Gasteiger partial charge is 0.402 e. The summed E-state index contributed by atoms with van der Waals surface area (Å²) in [6, 6.07) is 0. The van der Waals surface area contributed by atoms with Crippen LogP contribution in [0.5, 0.6) is 0 Å². The van der Waals surface area contributed by atoms with E-state index < -0.39 is 14.0 Å². The van der Waals surface area contributed by atoms with Crippen molar-refractivity contribution in [1.29, 1.82) is 0 Å². The highest BCUT2D eigenvalue weighted by atomic mass is 31.2. The van der Waals surface area contributed by atoms with Crippen molar-refractivity contribution in [2.24, 2.45) is 0 Å². The number of hydrogen-bond acceptors (Lipinski definition) is 2. The van der Waals surface area contributed by atoms with Crippen molar-refractivity contribution < 1.29 is 19.1 Å². The molecule has 0 rings (SSSR count). The van der Waals surface area contributed by atoms with Crippen LogP contribution in [0.1, 0.15) is 6.92 Å². The molecule has 0 radical (unpaired) electrons. The quantitative estimate of drug-likeness (QED) is 0.384. The van der Waals surface area contributed by atoms with Gasteiger partial charge in [-0.15, -0.1) is 0 Å². The van der Waals surface area contributed by atoms with E-state index in [4.69, 9.17) is 9.79 Å². The molecule has 0 heterocycles. The first kappa shape index (κ1) is 9.07. The van der Waals surface area contributed by atoms with E-state index in [1.807, 2.05) is 5.09 Å². The van der Waals surface area contributed by atoms with Crippen LogP contribution in [-0.4, -0.2) is 23.1 Å². The Morgan fingerprint density at radius 2 is 2.11 bits per heavy atom. The Morgan fingerprint density at radius 3 is 2.22 bits per heavy atom. The first-order chi connectivity index (χ1) is 3.95.